The van der Waals surface area contributed by atoms with Crippen LogP contribution in [0, 0.1) is 27.7 Å². The molecule has 0 saturated heterocycles. The normalized spacial score (nSPS) is 10.9. The first-order chi connectivity index (χ1) is 14.4. The molecule has 0 unspecified atom stereocenters. The van der Waals surface area contributed by atoms with Crippen LogP contribution in [0.4, 0.5) is 5.69 Å². The third kappa shape index (κ3) is 4.06. The van der Waals surface area contributed by atoms with Crippen LogP contribution < -0.4 is 10.1 Å². The Labute approximate surface area is 176 Å². The van der Waals surface area contributed by atoms with Crippen LogP contribution in [-0.4, -0.2) is 22.5 Å². The van der Waals surface area contributed by atoms with Crippen LogP contribution in [0.5, 0.6) is 5.75 Å². The highest BCUT2D eigenvalue weighted by Crippen LogP contribution is 2.25. The SMILES string of the molecule is Cc1cc2nc(-c3ccc(NC(=O)COc4c(C)cccc4C)cc3)[nH]c2cc1C. The van der Waals surface area contributed by atoms with E-state index in [1.807, 2.05) is 56.3 Å². The van der Waals surface area contributed by atoms with Crippen molar-refractivity contribution in [1.29, 1.82) is 0 Å². The van der Waals surface area contributed by atoms with E-state index in [0.29, 0.717) is 0 Å². The summed E-state index contributed by atoms with van der Waals surface area (Å²) in [5.74, 6) is 1.38. The maximum atomic E-state index is 12.3. The fourth-order valence-corrected chi connectivity index (χ4v) is 3.48. The number of para-hydroxylation sites is 1. The Kier molecular flexibility index (Phi) is 5.27. The summed E-state index contributed by atoms with van der Waals surface area (Å²) in [4.78, 5) is 20.4. The van der Waals surface area contributed by atoms with E-state index < -0.39 is 0 Å². The van der Waals surface area contributed by atoms with Gasteiger partial charge in [0, 0.05) is 11.3 Å². The minimum Gasteiger partial charge on any atom is -0.483 e. The van der Waals surface area contributed by atoms with Crippen molar-refractivity contribution in [2.75, 3.05) is 11.9 Å². The van der Waals surface area contributed by atoms with E-state index in [-0.39, 0.29) is 12.5 Å². The van der Waals surface area contributed by atoms with Gasteiger partial charge in [0.15, 0.2) is 6.61 Å². The first kappa shape index (κ1) is 19.7. The number of imidazole rings is 1. The Morgan fingerprint density at radius 3 is 2.30 bits per heavy atom. The molecule has 1 heterocycles. The zero-order chi connectivity index (χ0) is 21.3. The van der Waals surface area contributed by atoms with E-state index in [9.17, 15) is 4.79 Å². The Morgan fingerprint density at radius 2 is 1.60 bits per heavy atom. The fourth-order valence-electron chi connectivity index (χ4n) is 3.48. The number of carbonyl (C=O) groups excluding carboxylic acids is 1. The zero-order valence-corrected chi connectivity index (χ0v) is 17.7. The van der Waals surface area contributed by atoms with E-state index in [0.717, 1.165) is 45.0 Å². The van der Waals surface area contributed by atoms with Gasteiger partial charge in [-0.1, -0.05) is 18.2 Å². The summed E-state index contributed by atoms with van der Waals surface area (Å²) >= 11 is 0. The van der Waals surface area contributed by atoms with Gasteiger partial charge in [0.2, 0.25) is 0 Å². The Morgan fingerprint density at radius 1 is 0.933 bits per heavy atom. The van der Waals surface area contributed by atoms with Gasteiger partial charge >= 0.3 is 0 Å². The van der Waals surface area contributed by atoms with Crippen molar-refractivity contribution in [2.45, 2.75) is 27.7 Å². The third-order valence-corrected chi connectivity index (χ3v) is 5.30. The molecule has 0 bridgehead atoms. The predicted octanol–water partition coefficient (Wildman–Crippen LogP) is 5.48. The van der Waals surface area contributed by atoms with Gasteiger partial charge in [-0.2, -0.15) is 0 Å². The molecule has 0 radical (unpaired) electrons. The van der Waals surface area contributed by atoms with Crippen LogP contribution in [0.2, 0.25) is 0 Å². The van der Waals surface area contributed by atoms with E-state index in [4.69, 9.17) is 9.72 Å². The highest BCUT2D eigenvalue weighted by atomic mass is 16.5. The molecular weight excluding hydrogens is 374 g/mol. The van der Waals surface area contributed by atoms with E-state index >= 15 is 0 Å². The number of nitrogens with zero attached hydrogens (tertiary/aromatic N) is 1. The molecule has 5 nitrogen and oxygen atoms in total. The molecule has 0 spiro atoms. The topological polar surface area (TPSA) is 67.0 Å². The summed E-state index contributed by atoms with van der Waals surface area (Å²) in [5, 5.41) is 2.88. The molecule has 1 amide bonds. The summed E-state index contributed by atoms with van der Waals surface area (Å²) < 4.78 is 5.72. The molecule has 5 heteroatoms. The monoisotopic (exact) mass is 399 g/mol. The predicted molar refractivity (Wildman–Crippen MR) is 121 cm³/mol. The molecule has 2 N–H and O–H groups in total. The average molecular weight is 399 g/mol. The first-order valence-electron chi connectivity index (χ1n) is 9.97. The highest BCUT2D eigenvalue weighted by Gasteiger charge is 2.10. The van der Waals surface area contributed by atoms with Crippen molar-refractivity contribution in [3.05, 3.63) is 76.9 Å². The molecular formula is C25H25N3O2. The number of aromatic amines is 1. The maximum Gasteiger partial charge on any atom is 0.262 e. The molecule has 0 aliphatic heterocycles. The minimum absolute atomic E-state index is 0.0320. The molecule has 0 saturated carbocycles. The Balaban J connectivity index is 1.43. The second-order valence-corrected chi connectivity index (χ2v) is 7.67. The van der Waals surface area contributed by atoms with Crippen LogP contribution in [0.25, 0.3) is 22.4 Å². The number of aryl methyl sites for hydroxylation is 4. The number of ether oxygens (including phenoxy) is 1. The van der Waals surface area contributed by atoms with Crippen molar-refractivity contribution in [3.63, 3.8) is 0 Å². The maximum absolute atomic E-state index is 12.3. The Bertz CT molecular complexity index is 1160. The molecule has 30 heavy (non-hydrogen) atoms. The zero-order valence-electron chi connectivity index (χ0n) is 17.7. The molecule has 152 valence electrons. The molecule has 0 aliphatic carbocycles. The molecule has 0 aliphatic rings. The smallest absolute Gasteiger partial charge is 0.262 e. The highest BCUT2D eigenvalue weighted by molar-refractivity contribution is 5.92. The summed E-state index contributed by atoms with van der Waals surface area (Å²) in [7, 11) is 0. The van der Waals surface area contributed by atoms with Crippen molar-refractivity contribution >= 4 is 22.6 Å². The largest absolute Gasteiger partial charge is 0.483 e. The van der Waals surface area contributed by atoms with Crippen LogP contribution >= 0.6 is 0 Å². The van der Waals surface area contributed by atoms with E-state index in [1.54, 1.807) is 0 Å². The molecule has 4 rings (SSSR count). The quantitative estimate of drug-likeness (QED) is 0.467. The number of hydrogen-bond donors (Lipinski definition) is 2. The molecule has 0 atom stereocenters. The van der Waals surface area contributed by atoms with Gasteiger partial charge < -0.3 is 15.0 Å². The number of carbonyl (C=O) groups is 1. The van der Waals surface area contributed by atoms with Crippen molar-refractivity contribution in [1.82, 2.24) is 9.97 Å². The fraction of sp³-hybridized carbons (Fsp3) is 0.200. The lowest BCUT2D eigenvalue weighted by Crippen LogP contribution is -2.20. The number of rotatable bonds is 5. The van der Waals surface area contributed by atoms with E-state index in [1.165, 1.54) is 11.1 Å². The second kappa shape index (κ2) is 8.03. The number of H-pyrrole nitrogens is 1. The summed E-state index contributed by atoms with van der Waals surface area (Å²) in [6.45, 7) is 8.09. The number of benzene rings is 3. The number of fused-ring (bicyclic) bond motifs is 1. The number of anilines is 1. The molecule has 4 aromatic rings. The van der Waals surface area contributed by atoms with Crippen molar-refractivity contribution < 1.29 is 9.53 Å². The van der Waals surface area contributed by atoms with Gasteiger partial charge in [0.25, 0.3) is 5.91 Å². The average Bonchev–Trinajstić information content (AvgIpc) is 3.11. The molecule has 3 aromatic carbocycles. The number of hydrogen-bond acceptors (Lipinski definition) is 3. The van der Waals surface area contributed by atoms with Gasteiger partial charge in [-0.3, -0.25) is 4.79 Å². The summed E-state index contributed by atoms with van der Waals surface area (Å²) in [5.41, 5.74) is 8.15. The third-order valence-electron chi connectivity index (χ3n) is 5.30. The summed E-state index contributed by atoms with van der Waals surface area (Å²) in [6.07, 6.45) is 0. The number of amides is 1. The standard InChI is InChI=1S/C25H25N3O2/c1-15-6-5-7-16(2)24(15)30-14-23(29)26-20-10-8-19(9-11-20)25-27-21-12-17(3)18(4)13-22(21)28-25/h5-13H,14H2,1-4H3,(H,26,29)(H,27,28). The lowest BCUT2D eigenvalue weighted by Gasteiger charge is -2.12. The van der Waals surface area contributed by atoms with Gasteiger partial charge in [0.1, 0.15) is 11.6 Å². The van der Waals surface area contributed by atoms with Crippen molar-refractivity contribution in [2.24, 2.45) is 0 Å². The van der Waals surface area contributed by atoms with Crippen LogP contribution in [-0.2, 0) is 4.79 Å². The first-order valence-corrected chi connectivity index (χ1v) is 9.97. The van der Waals surface area contributed by atoms with Gasteiger partial charge in [-0.15, -0.1) is 0 Å². The van der Waals surface area contributed by atoms with Crippen LogP contribution in [0.15, 0.2) is 54.6 Å². The number of nitrogens with one attached hydrogen (secondary N) is 2. The minimum atomic E-state index is -0.194. The summed E-state index contributed by atoms with van der Waals surface area (Å²) in [6, 6.07) is 17.8. The lowest BCUT2D eigenvalue weighted by atomic mass is 10.1. The van der Waals surface area contributed by atoms with Crippen molar-refractivity contribution in [3.8, 4) is 17.1 Å². The molecule has 0 fully saturated rings. The lowest BCUT2D eigenvalue weighted by molar-refractivity contribution is -0.118. The molecule has 1 aromatic heterocycles. The van der Waals surface area contributed by atoms with Gasteiger partial charge in [-0.25, -0.2) is 4.98 Å². The van der Waals surface area contributed by atoms with Gasteiger partial charge in [-0.05, 0) is 86.3 Å². The van der Waals surface area contributed by atoms with Crippen LogP contribution in [0.1, 0.15) is 22.3 Å². The Hall–Kier alpha value is -3.60. The van der Waals surface area contributed by atoms with Gasteiger partial charge in [0.05, 0.1) is 11.0 Å². The second-order valence-electron chi connectivity index (χ2n) is 7.67. The number of aromatic nitrogens is 2. The van der Waals surface area contributed by atoms with Crippen LogP contribution in [0.3, 0.4) is 0 Å². The van der Waals surface area contributed by atoms with E-state index in [2.05, 4.69) is 36.3 Å².